The van der Waals surface area contributed by atoms with Gasteiger partial charge >= 0.3 is 6.18 Å². The van der Waals surface area contributed by atoms with E-state index in [-0.39, 0.29) is 24.6 Å². The zero-order chi connectivity index (χ0) is 21.6. The SMILES string of the molecule is CN(CC(=O)NCc1ccc(F)cc1C(F)(F)F)CC(=O)Nc1cccc(Cl)c1. The van der Waals surface area contributed by atoms with Gasteiger partial charge in [-0.25, -0.2) is 4.39 Å². The van der Waals surface area contributed by atoms with Gasteiger partial charge in [0, 0.05) is 17.3 Å². The summed E-state index contributed by atoms with van der Waals surface area (Å²) in [5.41, 5.74) is -0.906. The molecule has 0 spiro atoms. The molecule has 10 heteroatoms. The fourth-order valence-electron chi connectivity index (χ4n) is 2.53. The Labute approximate surface area is 169 Å². The van der Waals surface area contributed by atoms with Crippen molar-refractivity contribution in [1.29, 1.82) is 0 Å². The lowest BCUT2D eigenvalue weighted by atomic mass is 10.1. The van der Waals surface area contributed by atoms with Crippen molar-refractivity contribution in [3.05, 3.63) is 64.4 Å². The Morgan fingerprint density at radius 3 is 2.41 bits per heavy atom. The molecule has 2 amide bonds. The molecule has 0 heterocycles. The quantitative estimate of drug-likeness (QED) is 0.657. The van der Waals surface area contributed by atoms with Gasteiger partial charge in [-0.2, -0.15) is 13.2 Å². The van der Waals surface area contributed by atoms with E-state index in [0.29, 0.717) is 16.8 Å². The molecule has 2 N–H and O–H groups in total. The van der Waals surface area contributed by atoms with Crippen LogP contribution in [-0.2, 0) is 22.3 Å². The molecule has 5 nitrogen and oxygen atoms in total. The average Bonchev–Trinajstić information content (AvgIpc) is 2.59. The van der Waals surface area contributed by atoms with Crippen molar-refractivity contribution >= 4 is 29.1 Å². The first-order chi connectivity index (χ1) is 13.5. The van der Waals surface area contributed by atoms with Crippen LogP contribution in [0.5, 0.6) is 0 Å². The minimum absolute atomic E-state index is 0.121. The normalized spacial score (nSPS) is 11.4. The number of alkyl halides is 3. The van der Waals surface area contributed by atoms with E-state index >= 15 is 0 Å². The van der Waals surface area contributed by atoms with E-state index in [2.05, 4.69) is 10.6 Å². The van der Waals surface area contributed by atoms with E-state index in [9.17, 15) is 27.2 Å². The summed E-state index contributed by atoms with van der Waals surface area (Å²) in [5, 5.41) is 5.41. The highest BCUT2D eigenvalue weighted by molar-refractivity contribution is 6.30. The molecule has 0 aliphatic carbocycles. The van der Waals surface area contributed by atoms with Crippen LogP contribution in [0.4, 0.5) is 23.2 Å². The second-order valence-electron chi connectivity index (χ2n) is 6.31. The zero-order valence-electron chi connectivity index (χ0n) is 15.3. The van der Waals surface area contributed by atoms with Crippen LogP contribution in [0.25, 0.3) is 0 Å². The van der Waals surface area contributed by atoms with E-state index in [4.69, 9.17) is 11.6 Å². The number of nitrogens with zero attached hydrogens (tertiary/aromatic N) is 1. The lowest BCUT2D eigenvalue weighted by Crippen LogP contribution is -2.38. The molecule has 0 aliphatic heterocycles. The Morgan fingerprint density at radius 2 is 1.76 bits per heavy atom. The molecular formula is C19H18ClF4N3O2. The summed E-state index contributed by atoms with van der Waals surface area (Å²) in [6.45, 7) is -0.758. The van der Waals surface area contributed by atoms with Gasteiger partial charge < -0.3 is 10.6 Å². The molecule has 156 valence electrons. The first kappa shape index (κ1) is 22.6. The third kappa shape index (κ3) is 7.35. The number of likely N-dealkylation sites (N-methyl/N-ethyl adjacent to an activating group) is 1. The molecule has 0 saturated heterocycles. The van der Waals surface area contributed by atoms with Gasteiger partial charge in [0.2, 0.25) is 11.8 Å². The fourth-order valence-corrected chi connectivity index (χ4v) is 2.72. The van der Waals surface area contributed by atoms with Crippen molar-refractivity contribution in [3.8, 4) is 0 Å². The number of anilines is 1. The molecule has 0 saturated carbocycles. The molecule has 0 fully saturated rings. The molecule has 0 bridgehead atoms. The van der Waals surface area contributed by atoms with Crippen LogP contribution in [0.3, 0.4) is 0 Å². The molecule has 2 aromatic carbocycles. The third-order valence-corrected chi connectivity index (χ3v) is 4.02. The van der Waals surface area contributed by atoms with Crippen LogP contribution < -0.4 is 10.6 Å². The van der Waals surface area contributed by atoms with Crippen molar-refractivity contribution in [2.24, 2.45) is 0 Å². The number of carbonyl (C=O) groups is 2. The van der Waals surface area contributed by atoms with Crippen LogP contribution in [0.2, 0.25) is 5.02 Å². The number of carbonyl (C=O) groups excluding carboxylic acids is 2. The van der Waals surface area contributed by atoms with E-state index in [1.807, 2.05) is 0 Å². The van der Waals surface area contributed by atoms with Crippen LogP contribution in [-0.4, -0.2) is 36.9 Å². The van der Waals surface area contributed by atoms with Gasteiger partial charge in [-0.15, -0.1) is 0 Å². The van der Waals surface area contributed by atoms with Crippen molar-refractivity contribution in [1.82, 2.24) is 10.2 Å². The second kappa shape index (κ2) is 9.71. The molecule has 29 heavy (non-hydrogen) atoms. The Hall–Kier alpha value is -2.65. The summed E-state index contributed by atoms with van der Waals surface area (Å²) < 4.78 is 52.0. The van der Waals surface area contributed by atoms with Crippen LogP contribution in [0.15, 0.2) is 42.5 Å². The number of hydrogen-bond donors (Lipinski definition) is 2. The lowest BCUT2D eigenvalue weighted by Gasteiger charge is -2.17. The number of benzene rings is 2. The largest absolute Gasteiger partial charge is 0.416 e. The second-order valence-corrected chi connectivity index (χ2v) is 6.74. The van der Waals surface area contributed by atoms with Gasteiger partial charge in [0.05, 0.1) is 18.7 Å². The number of amides is 2. The highest BCUT2D eigenvalue weighted by atomic mass is 35.5. The fraction of sp³-hybridized carbons (Fsp3) is 0.263. The van der Waals surface area contributed by atoms with Crippen molar-refractivity contribution in [3.63, 3.8) is 0 Å². The van der Waals surface area contributed by atoms with Crippen LogP contribution in [0, 0.1) is 5.82 Å². The highest BCUT2D eigenvalue weighted by Crippen LogP contribution is 2.32. The molecule has 2 rings (SSSR count). The minimum Gasteiger partial charge on any atom is -0.351 e. The van der Waals surface area contributed by atoms with Gasteiger partial charge in [0.1, 0.15) is 5.82 Å². The molecule has 0 atom stereocenters. The zero-order valence-corrected chi connectivity index (χ0v) is 16.1. The first-order valence-electron chi connectivity index (χ1n) is 8.41. The maximum absolute atomic E-state index is 13.1. The molecule has 0 unspecified atom stereocenters. The van der Waals surface area contributed by atoms with E-state index in [1.54, 1.807) is 24.3 Å². The third-order valence-electron chi connectivity index (χ3n) is 3.79. The lowest BCUT2D eigenvalue weighted by molar-refractivity contribution is -0.138. The first-order valence-corrected chi connectivity index (χ1v) is 8.78. The summed E-state index contributed by atoms with van der Waals surface area (Å²) in [6.07, 6.45) is -4.74. The Bertz CT molecular complexity index is 890. The Balaban J connectivity index is 1.85. The van der Waals surface area contributed by atoms with E-state index < -0.39 is 30.0 Å². The maximum Gasteiger partial charge on any atom is 0.416 e. The van der Waals surface area contributed by atoms with Gasteiger partial charge in [-0.3, -0.25) is 14.5 Å². The summed E-state index contributed by atoms with van der Waals surface area (Å²) in [6, 6.07) is 8.78. The number of rotatable bonds is 7. The van der Waals surface area contributed by atoms with Gasteiger partial charge in [-0.1, -0.05) is 23.7 Å². The van der Waals surface area contributed by atoms with Crippen LogP contribution in [0.1, 0.15) is 11.1 Å². The minimum atomic E-state index is -4.74. The van der Waals surface area contributed by atoms with E-state index in [1.165, 1.54) is 11.9 Å². The standard InChI is InChI=1S/C19H18ClF4N3O2/c1-27(11-18(29)26-15-4-2-3-13(20)7-15)10-17(28)25-9-12-5-6-14(21)8-16(12)19(22,23)24/h2-8H,9-11H2,1H3,(H,25,28)(H,26,29). The predicted octanol–water partition coefficient (Wildman–Crippen LogP) is 3.68. The predicted molar refractivity (Wildman–Crippen MR) is 101 cm³/mol. The van der Waals surface area contributed by atoms with Gasteiger partial charge in [0.25, 0.3) is 0 Å². The summed E-state index contributed by atoms with van der Waals surface area (Å²) in [5.74, 6) is -1.99. The van der Waals surface area contributed by atoms with Crippen molar-refractivity contribution in [2.75, 3.05) is 25.5 Å². The summed E-state index contributed by atoms with van der Waals surface area (Å²) in [7, 11) is 1.51. The van der Waals surface area contributed by atoms with E-state index in [0.717, 1.165) is 12.1 Å². The molecule has 0 aliphatic rings. The number of nitrogens with one attached hydrogen (secondary N) is 2. The summed E-state index contributed by atoms with van der Waals surface area (Å²) >= 11 is 5.83. The maximum atomic E-state index is 13.1. The number of halogens is 5. The topological polar surface area (TPSA) is 61.4 Å². The molecule has 2 aromatic rings. The Kier molecular flexibility index (Phi) is 7.58. The van der Waals surface area contributed by atoms with Gasteiger partial charge in [0.15, 0.2) is 0 Å². The van der Waals surface area contributed by atoms with Crippen molar-refractivity contribution < 1.29 is 27.2 Å². The molecule has 0 radical (unpaired) electrons. The van der Waals surface area contributed by atoms with Crippen LogP contribution >= 0.6 is 11.6 Å². The highest BCUT2D eigenvalue weighted by Gasteiger charge is 2.33. The Morgan fingerprint density at radius 1 is 1.07 bits per heavy atom. The average molecular weight is 432 g/mol. The summed E-state index contributed by atoms with van der Waals surface area (Å²) in [4.78, 5) is 25.4. The molecule has 0 aromatic heterocycles. The van der Waals surface area contributed by atoms with Gasteiger partial charge in [-0.05, 0) is 42.9 Å². The van der Waals surface area contributed by atoms with Crippen molar-refractivity contribution in [2.45, 2.75) is 12.7 Å². The molecular weight excluding hydrogens is 414 g/mol. The monoisotopic (exact) mass is 431 g/mol. The smallest absolute Gasteiger partial charge is 0.351 e. The number of hydrogen-bond acceptors (Lipinski definition) is 3.